The Labute approximate surface area is 253 Å². The van der Waals surface area contributed by atoms with Gasteiger partial charge in [-0.2, -0.15) is 0 Å². The molecule has 0 aromatic heterocycles. The molecule has 2 aliphatic heterocycles. The molecule has 2 aromatic carbocycles. The lowest BCUT2D eigenvalue weighted by Gasteiger charge is -2.65. The van der Waals surface area contributed by atoms with Crippen molar-refractivity contribution in [2.75, 3.05) is 33.3 Å². The number of unbranched alkanes of at least 4 members (excludes halogenated alkanes) is 3. The molecule has 5 nitrogen and oxygen atoms in total. The van der Waals surface area contributed by atoms with Crippen molar-refractivity contribution < 1.29 is 14.6 Å². The number of methoxy groups -OCH3 is 1. The third-order valence-electron chi connectivity index (χ3n) is 11.5. The quantitative estimate of drug-likeness (QED) is 0.282. The summed E-state index contributed by atoms with van der Waals surface area (Å²) in [6.45, 7) is 9.12. The van der Waals surface area contributed by atoms with E-state index < -0.39 is 5.60 Å². The van der Waals surface area contributed by atoms with Crippen LogP contribution >= 0.6 is 0 Å². The average molecular weight is 573 g/mol. The molecule has 1 saturated heterocycles. The van der Waals surface area contributed by atoms with Crippen LogP contribution in [0.3, 0.4) is 0 Å². The van der Waals surface area contributed by atoms with Gasteiger partial charge < -0.3 is 14.6 Å². The van der Waals surface area contributed by atoms with Crippen LogP contribution < -0.4 is 9.47 Å². The fourth-order valence-corrected chi connectivity index (χ4v) is 9.48. The van der Waals surface area contributed by atoms with Crippen molar-refractivity contribution >= 4 is 0 Å². The molecule has 1 N–H and O–H groups in total. The third-order valence-corrected chi connectivity index (χ3v) is 11.5. The molecule has 0 radical (unpaired) electrons. The SMILES string of the molecule is COc1ccc2c3c1OC1C(N(CCCCCCc4ccccc4)CC(C)C)CC[C@@]4(O)[C@@H](C2)N(CC2CC2)CC[C@]314. The Hall–Kier alpha value is -2.08. The van der Waals surface area contributed by atoms with Crippen LogP contribution in [0.25, 0.3) is 0 Å². The Kier molecular flexibility index (Phi) is 7.82. The van der Waals surface area contributed by atoms with Crippen molar-refractivity contribution in [1.82, 2.24) is 9.80 Å². The molecular weight excluding hydrogens is 520 g/mol. The van der Waals surface area contributed by atoms with Gasteiger partial charge in [0.15, 0.2) is 11.5 Å². The minimum absolute atomic E-state index is 0.0241. The van der Waals surface area contributed by atoms with E-state index in [1.165, 1.54) is 61.6 Å². The summed E-state index contributed by atoms with van der Waals surface area (Å²) in [6.07, 6.45) is 12.7. The van der Waals surface area contributed by atoms with E-state index in [9.17, 15) is 5.11 Å². The number of hydrogen-bond donors (Lipinski definition) is 1. The summed E-state index contributed by atoms with van der Waals surface area (Å²) in [7, 11) is 1.76. The van der Waals surface area contributed by atoms with Gasteiger partial charge in [0.2, 0.25) is 0 Å². The Bertz CT molecular complexity index is 1250. The van der Waals surface area contributed by atoms with Crippen molar-refractivity contribution in [2.24, 2.45) is 11.8 Å². The van der Waals surface area contributed by atoms with Gasteiger partial charge in [-0.05, 0) is 99.9 Å². The lowest BCUT2D eigenvalue weighted by atomic mass is 9.48. The van der Waals surface area contributed by atoms with E-state index in [2.05, 4.69) is 66.1 Å². The topological polar surface area (TPSA) is 45.2 Å². The highest BCUT2D eigenvalue weighted by molar-refractivity contribution is 5.63. The first-order chi connectivity index (χ1) is 20.4. The molecule has 5 aliphatic rings. The van der Waals surface area contributed by atoms with E-state index in [1.807, 2.05) is 0 Å². The predicted octanol–water partition coefficient (Wildman–Crippen LogP) is 6.39. The zero-order valence-corrected chi connectivity index (χ0v) is 26.2. The minimum atomic E-state index is -0.743. The van der Waals surface area contributed by atoms with E-state index in [0.29, 0.717) is 12.0 Å². The molecule has 0 amide bonds. The number of rotatable bonds is 13. The minimum Gasteiger partial charge on any atom is -0.493 e. The monoisotopic (exact) mass is 572 g/mol. The van der Waals surface area contributed by atoms with Crippen molar-refractivity contribution in [3.8, 4) is 11.5 Å². The van der Waals surface area contributed by atoms with E-state index in [0.717, 1.165) is 69.3 Å². The van der Waals surface area contributed by atoms with Gasteiger partial charge >= 0.3 is 0 Å². The van der Waals surface area contributed by atoms with E-state index >= 15 is 0 Å². The number of benzene rings is 2. The number of ether oxygens (including phenoxy) is 2. The normalized spacial score (nSPS) is 31.3. The van der Waals surface area contributed by atoms with Crippen LogP contribution in [0, 0.1) is 11.8 Å². The van der Waals surface area contributed by atoms with E-state index in [-0.39, 0.29) is 17.6 Å². The molecule has 42 heavy (non-hydrogen) atoms. The number of aryl methyl sites for hydroxylation is 1. The average Bonchev–Trinajstić information content (AvgIpc) is 3.73. The van der Waals surface area contributed by atoms with Crippen LogP contribution in [0.1, 0.15) is 88.3 Å². The van der Waals surface area contributed by atoms with Crippen LogP contribution in [0.5, 0.6) is 11.5 Å². The molecule has 2 saturated carbocycles. The zero-order valence-electron chi connectivity index (χ0n) is 26.2. The molecule has 3 aliphatic carbocycles. The van der Waals surface area contributed by atoms with Crippen molar-refractivity contribution in [3.05, 3.63) is 59.2 Å². The van der Waals surface area contributed by atoms with Crippen molar-refractivity contribution in [3.63, 3.8) is 0 Å². The van der Waals surface area contributed by atoms with Crippen LogP contribution in [0.4, 0.5) is 0 Å². The molecule has 5 atom stereocenters. The van der Waals surface area contributed by atoms with Gasteiger partial charge in [-0.25, -0.2) is 0 Å². The lowest BCUT2D eigenvalue weighted by Crippen LogP contribution is -2.78. The number of aliphatic hydroxyl groups is 1. The van der Waals surface area contributed by atoms with Gasteiger partial charge in [0.25, 0.3) is 0 Å². The van der Waals surface area contributed by atoms with Gasteiger partial charge in [0.05, 0.1) is 18.1 Å². The standard InChI is InChI=1S/C37H52N2O3/c1-26(2)24-38(21-10-5-4-7-11-27-12-8-6-9-13-27)30-18-19-37(40)32-23-29-16-17-31(41-3)34-33(29)36(37,35(30)42-34)20-22-39(32)25-28-14-15-28/h6,8-9,12-13,16-17,26,28,30,32,35,40H,4-5,7,10-11,14-15,18-25H2,1-3H3/t30?,32-,35?,36+,37-/m1/s1. The second-order valence-corrected chi connectivity index (χ2v) is 14.6. The Balaban J connectivity index is 1.13. The summed E-state index contributed by atoms with van der Waals surface area (Å²) in [4.78, 5) is 5.44. The second-order valence-electron chi connectivity index (χ2n) is 14.6. The maximum Gasteiger partial charge on any atom is 0.165 e. The van der Waals surface area contributed by atoms with Crippen LogP contribution in [-0.4, -0.2) is 72.0 Å². The Morgan fingerprint density at radius 2 is 1.83 bits per heavy atom. The first-order valence-corrected chi connectivity index (χ1v) is 17.1. The molecule has 228 valence electrons. The summed E-state index contributed by atoms with van der Waals surface area (Å²) in [5.74, 6) is 3.20. The Morgan fingerprint density at radius 3 is 2.60 bits per heavy atom. The number of likely N-dealkylation sites (tertiary alicyclic amines) is 1. The highest BCUT2D eigenvalue weighted by Gasteiger charge is 2.73. The fourth-order valence-electron chi connectivity index (χ4n) is 9.48. The highest BCUT2D eigenvalue weighted by Crippen LogP contribution is 2.66. The second kappa shape index (κ2) is 11.4. The van der Waals surface area contributed by atoms with Crippen LogP contribution in [0.2, 0.25) is 0 Å². The molecule has 7 rings (SSSR count). The number of hydrogen-bond acceptors (Lipinski definition) is 5. The van der Waals surface area contributed by atoms with Crippen LogP contribution in [0.15, 0.2) is 42.5 Å². The van der Waals surface area contributed by atoms with Crippen molar-refractivity contribution in [1.29, 1.82) is 0 Å². The summed E-state index contributed by atoms with van der Waals surface area (Å²) < 4.78 is 13.0. The molecule has 1 spiro atoms. The molecule has 3 fully saturated rings. The van der Waals surface area contributed by atoms with Gasteiger partial charge in [-0.1, -0.05) is 63.1 Å². The summed E-state index contributed by atoms with van der Waals surface area (Å²) >= 11 is 0. The van der Waals surface area contributed by atoms with Crippen LogP contribution in [-0.2, 0) is 18.3 Å². The zero-order chi connectivity index (χ0) is 28.9. The summed E-state index contributed by atoms with van der Waals surface area (Å²) in [5, 5.41) is 12.9. The molecule has 5 heteroatoms. The lowest BCUT2D eigenvalue weighted by molar-refractivity contribution is -0.201. The number of piperidine rings is 1. The third kappa shape index (κ3) is 4.79. The van der Waals surface area contributed by atoms with Gasteiger partial charge in [0.1, 0.15) is 6.10 Å². The molecule has 2 unspecified atom stereocenters. The maximum absolute atomic E-state index is 12.9. The molecule has 2 aromatic rings. The van der Waals surface area contributed by atoms with Gasteiger partial charge in [0, 0.05) is 30.7 Å². The first kappa shape index (κ1) is 28.7. The van der Waals surface area contributed by atoms with Crippen molar-refractivity contribution in [2.45, 2.75) is 114 Å². The molecule has 2 bridgehead atoms. The first-order valence-electron chi connectivity index (χ1n) is 17.1. The smallest absolute Gasteiger partial charge is 0.165 e. The highest BCUT2D eigenvalue weighted by atomic mass is 16.5. The van der Waals surface area contributed by atoms with Gasteiger partial charge in [-0.15, -0.1) is 0 Å². The van der Waals surface area contributed by atoms with E-state index in [4.69, 9.17) is 9.47 Å². The van der Waals surface area contributed by atoms with E-state index in [1.54, 1.807) is 7.11 Å². The fraction of sp³-hybridized carbons (Fsp3) is 0.676. The summed E-state index contributed by atoms with van der Waals surface area (Å²) in [5.41, 5.74) is 3.05. The maximum atomic E-state index is 12.9. The molecular formula is C37H52N2O3. The summed E-state index contributed by atoms with van der Waals surface area (Å²) in [6, 6.07) is 15.8. The van der Waals surface area contributed by atoms with Gasteiger partial charge in [-0.3, -0.25) is 9.80 Å². The Morgan fingerprint density at radius 1 is 1.02 bits per heavy atom. The molecule has 2 heterocycles. The largest absolute Gasteiger partial charge is 0.493 e. The number of nitrogens with zero attached hydrogens (tertiary/aromatic N) is 2. The predicted molar refractivity (Wildman–Crippen MR) is 168 cm³/mol.